The Morgan fingerprint density at radius 1 is 1.42 bits per heavy atom. The number of aliphatic hydroxyl groups excluding tert-OH is 1. The van der Waals surface area contributed by atoms with Gasteiger partial charge in [-0.15, -0.1) is 5.10 Å². The molecule has 24 heavy (non-hydrogen) atoms. The molecule has 1 saturated heterocycles. The molecule has 0 spiro atoms. The van der Waals surface area contributed by atoms with Crippen molar-refractivity contribution < 1.29 is 9.90 Å². The van der Waals surface area contributed by atoms with E-state index >= 15 is 0 Å². The molecule has 1 aromatic carbocycles. The summed E-state index contributed by atoms with van der Waals surface area (Å²) in [5.41, 5.74) is 1.64. The lowest BCUT2D eigenvalue weighted by atomic mass is 9.99. The smallest absolute Gasteiger partial charge is 0.317 e. The van der Waals surface area contributed by atoms with Crippen LogP contribution in [0.4, 0.5) is 4.79 Å². The minimum absolute atomic E-state index is 0.116. The average Bonchev–Trinajstić information content (AvgIpc) is 3.13. The first-order valence-electron chi connectivity index (χ1n) is 8.31. The van der Waals surface area contributed by atoms with Gasteiger partial charge in [0.05, 0.1) is 17.9 Å². The maximum Gasteiger partial charge on any atom is 0.317 e. The van der Waals surface area contributed by atoms with Crippen molar-refractivity contribution in [1.82, 2.24) is 25.2 Å². The first kappa shape index (κ1) is 16.4. The Balaban J connectivity index is 1.61. The van der Waals surface area contributed by atoms with E-state index in [1.807, 2.05) is 43.5 Å². The van der Waals surface area contributed by atoms with Crippen LogP contribution in [0.5, 0.6) is 0 Å². The number of para-hydroxylation sites is 1. The molecule has 1 fully saturated rings. The topological polar surface area (TPSA) is 83.3 Å². The second-order valence-corrected chi connectivity index (χ2v) is 6.23. The Labute approximate surface area is 141 Å². The molecule has 2 aromatic rings. The molecule has 1 aliphatic heterocycles. The molecule has 7 heteroatoms. The van der Waals surface area contributed by atoms with Crippen LogP contribution in [0, 0.1) is 5.92 Å². The highest BCUT2D eigenvalue weighted by molar-refractivity contribution is 5.74. The lowest BCUT2D eigenvalue weighted by molar-refractivity contribution is 0.128. The fourth-order valence-electron chi connectivity index (χ4n) is 2.93. The van der Waals surface area contributed by atoms with Gasteiger partial charge in [-0.3, -0.25) is 0 Å². The Morgan fingerprint density at radius 2 is 2.21 bits per heavy atom. The van der Waals surface area contributed by atoms with Gasteiger partial charge < -0.3 is 15.3 Å². The van der Waals surface area contributed by atoms with Crippen LogP contribution in [0.25, 0.3) is 5.69 Å². The molecule has 1 aromatic heterocycles. The maximum absolute atomic E-state index is 12.4. The molecule has 2 N–H and O–H groups in total. The minimum Gasteiger partial charge on any atom is -0.396 e. The first-order valence-corrected chi connectivity index (χ1v) is 8.31. The Hall–Kier alpha value is -2.41. The number of benzene rings is 1. The van der Waals surface area contributed by atoms with Crippen molar-refractivity contribution in [2.75, 3.05) is 19.7 Å². The zero-order valence-electron chi connectivity index (χ0n) is 13.8. The van der Waals surface area contributed by atoms with Gasteiger partial charge in [0.2, 0.25) is 0 Å². The summed E-state index contributed by atoms with van der Waals surface area (Å²) < 4.78 is 1.70. The molecule has 2 atom stereocenters. The van der Waals surface area contributed by atoms with Gasteiger partial charge in [-0.05, 0) is 37.8 Å². The van der Waals surface area contributed by atoms with Crippen molar-refractivity contribution in [3.8, 4) is 5.69 Å². The number of carbonyl (C=O) groups excluding carboxylic acids is 1. The van der Waals surface area contributed by atoms with Crippen LogP contribution in [0.3, 0.4) is 0 Å². The fraction of sp³-hybridized carbons (Fsp3) is 0.471. The number of aliphatic hydroxyl groups is 1. The molecule has 2 heterocycles. The van der Waals surface area contributed by atoms with Crippen LogP contribution >= 0.6 is 0 Å². The molecule has 0 bridgehead atoms. The lowest BCUT2D eigenvalue weighted by Gasteiger charge is -2.32. The Bertz CT molecular complexity index is 673. The molecule has 7 nitrogen and oxygen atoms in total. The van der Waals surface area contributed by atoms with E-state index in [2.05, 4.69) is 15.6 Å². The minimum atomic E-state index is -0.232. The molecule has 1 aliphatic rings. The number of piperidine rings is 1. The van der Waals surface area contributed by atoms with Crippen molar-refractivity contribution in [2.24, 2.45) is 5.92 Å². The highest BCUT2D eigenvalue weighted by Gasteiger charge is 2.24. The number of likely N-dealkylation sites (tertiary alicyclic amines) is 1. The summed E-state index contributed by atoms with van der Waals surface area (Å²) in [4.78, 5) is 14.2. The van der Waals surface area contributed by atoms with Gasteiger partial charge in [0.1, 0.15) is 5.69 Å². The second kappa shape index (κ2) is 7.44. The number of hydrogen-bond donors (Lipinski definition) is 2. The normalized spacial score (nSPS) is 19.1. The number of amides is 2. The standard InChI is InChI=1S/C17H23N5O2/c1-13(18-17(24)21-9-5-6-14(10-21)12-23)16-11-22(20-19-16)15-7-3-2-4-8-15/h2-4,7-8,11,13-14,23H,5-6,9-10,12H2,1H3,(H,18,24). The maximum atomic E-state index is 12.4. The SMILES string of the molecule is CC(NC(=O)N1CCCC(CO)C1)c1cn(-c2ccccc2)nn1. The number of nitrogens with one attached hydrogen (secondary N) is 1. The third-order valence-electron chi connectivity index (χ3n) is 4.38. The van der Waals surface area contributed by atoms with Gasteiger partial charge in [0.25, 0.3) is 0 Å². The van der Waals surface area contributed by atoms with Gasteiger partial charge in [0, 0.05) is 19.7 Å². The molecule has 2 amide bonds. The van der Waals surface area contributed by atoms with Crippen molar-refractivity contribution in [2.45, 2.75) is 25.8 Å². The summed E-state index contributed by atoms with van der Waals surface area (Å²) in [7, 11) is 0. The van der Waals surface area contributed by atoms with Crippen LogP contribution in [-0.4, -0.2) is 50.7 Å². The number of hydrogen-bond acceptors (Lipinski definition) is 4. The number of aromatic nitrogens is 3. The van der Waals surface area contributed by atoms with E-state index < -0.39 is 0 Å². The van der Waals surface area contributed by atoms with E-state index in [9.17, 15) is 9.90 Å². The van der Waals surface area contributed by atoms with E-state index in [1.54, 1.807) is 9.58 Å². The van der Waals surface area contributed by atoms with Gasteiger partial charge in [-0.25, -0.2) is 9.48 Å². The van der Waals surface area contributed by atoms with Crippen LogP contribution in [0.1, 0.15) is 31.5 Å². The number of carbonyl (C=O) groups is 1. The third-order valence-corrected chi connectivity index (χ3v) is 4.38. The van der Waals surface area contributed by atoms with E-state index in [-0.39, 0.29) is 24.6 Å². The molecule has 0 saturated carbocycles. The number of rotatable bonds is 4. The summed E-state index contributed by atoms with van der Waals surface area (Å²) >= 11 is 0. The first-order chi connectivity index (χ1) is 11.7. The molecule has 0 aliphatic carbocycles. The van der Waals surface area contributed by atoms with E-state index in [0.717, 1.165) is 25.1 Å². The predicted octanol–water partition coefficient (Wildman–Crippen LogP) is 1.74. The van der Waals surface area contributed by atoms with Crippen molar-refractivity contribution in [3.05, 3.63) is 42.2 Å². The predicted molar refractivity (Wildman–Crippen MR) is 89.7 cm³/mol. The quantitative estimate of drug-likeness (QED) is 0.895. The van der Waals surface area contributed by atoms with Gasteiger partial charge in [-0.2, -0.15) is 0 Å². The van der Waals surface area contributed by atoms with Crippen LogP contribution < -0.4 is 5.32 Å². The largest absolute Gasteiger partial charge is 0.396 e. The summed E-state index contributed by atoms with van der Waals surface area (Å²) in [5, 5.41) is 20.5. The fourth-order valence-corrected chi connectivity index (χ4v) is 2.93. The van der Waals surface area contributed by atoms with Crippen LogP contribution in [0.2, 0.25) is 0 Å². The third kappa shape index (κ3) is 3.73. The monoisotopic (exact) mass is 329 g/mol. The highest BCUT2D eigenvalue weighted by atomic mass is 16.3. The molecule has 2 unspecified atom stereocenters. The Morgan fingerprint density at radius 3 is 2.96 bits per heavy atom. The average molecular weight is 329 g/mol. The number of urea groups is 1. The molecular weight excluding hydrogens is 306 g/mol. The van der Waals surface area contributed by atoms with E-state index in [0.29, 0.717) is 12.2 Å². The van der Waals surface area contributed by atoms with Crippen molar-refractivity contribution >= 4 is 6.03 Å². The van der Waals surface area contributed by atoms with Gasteiger partial charge >= 0.3 is 6.03 Å². The van der Waals surface area contributed by atoms with E-state index in [4.69, 9.17) is 0 Å². The van der Waals surface area contributed by atoms with Crippen molar-refractivity contribution in [1.29, 1.82) is 0 Å². The molecule has 128 valence electrons. The number of nitrogens with zero attached hydrogens (tertiary/aromatic N) is 4. The Kier molecular flexibility index (Phi) is 5.10. The summed E-state index contributed by atoms with van der Waals surface area (Å²) in [5.74, 6) is 0.179. The lowest BCUT2D eigenvalue weighted by Crippen LogP contribution is -2.46. The zero-order chi connectivity index (χ0) is 16.9. The zero-order valence-corrected chi connectivity index (χ0v) is 13.8. The summed E-state index contributed by atoms with van der Waals surface area (Å²) in [6, 6.07) is 9.38. The summed E-state index contributed by atoms with van der Waals surface area (Å²) in [6.45, 7) is 3.35. The van der Waals surface area contributed by atoms with Crippen LogP contribution in [0.15, 0.2) is 36.5 Å². The van der Waals surface area contributed by atoms with Crippen LogP contribution in [-0.2, 0) is 0 Å². The summed E-state index contributed by atoms with van der Waals surface area (Å²) in [6.07, 6.45) is 3.73. The van der Waals surface area contributed by atoms with Crippen molar-refractivity contribution in [3.63, 3.8) is 0 Å². The highest BCUT2D eigenvalue weighted by Crippen LogP contribution is 2.17. The van der Waals surface area contributed by atoms with Gasteiger partial charge in [0.15, 0.2) is 0 Å². The molecular formula is C17H23N5O2. The molecule has 3 rings (SSSR count). The molecule has 0 radical (unpaired) electrons. The second-order valence-electron chi connectivity index (χ2n) is 6.23. The van der Waals surface area contributed by atoms with Gasteiger partial charge in [-0.1, -0.05) is 23.4 Å². The van der Waals surface area contributed by atoms with E-state index in [1.165, 1.54) is 0 Å².